The lowest BCUT2D eigenvalue weighted by Gasteiger charge is -2.19. The number of esters is 1. The van der Waals surface area contributed by atoms with Gasteiger partial charge in [-0.15, -0.1) is 11.3 Å². The first-order valence-electron chi connectivity index (χ1n) is 6.87. The number of anilines is 1. The van der Waals surface area contributed by atoms with Gasteiger partial charge in [0, 0.05) is 25.4 Å². The molecular formula is C14H24N2O2S. The molecule has 5 heteroatoms. The van der Waals surface area contributed by atoms with Crippen LogP contribution in [0.4, 0.5) is 5.13 Å². The molecule has 1 unspecified atom stereocenters. The zero-order valence-electron chi connectivity index (χ0n) is 12.3. The number of hydrogen-bond donors (Lipinski definition) is 0. The largest absolute Gasteiger partial charge is 0.466 e. The molecule has 0 saturated heterocycles. The van der Waals surface area contributed by atoms with Gasteiger partial charge in [-0.2, -0.15) is 0 Å². The second-order valence-electron chi connectivity index (χ2n) is 4.82. The van der Waals surface area contributed by atoms with Crippen LogP contribution in [-0.2, 0) is 16.0 Å². The zero-order valence-corrected chi connectivity index (χ0v) is 13.1. The third-order valence-corrected chi connectivity index (χ3v) is 4.04. The molecule has 0 spiro atoms. The van der Waals surface area contributed by atoms with Gasteiger partial charge in [0.2, 0.25) is 0 Å². The van der Waals surface area contributed by atoms with E-state index in [4.69, 9.17) is 4.74 Å². The molecule has 1 heterocycles. The third-order valence-electron chi connectivity index (χ3n) is 3.04. The summed E-state index contributed by atoms with van der Waals surface area (Å²) in [4.78, 5) is 18.0. The van der Waals surface area contributed by atoms with E-state index in [1.165, 1.54) is 6.42 Å². The molecule has 0 radical (unpaired) electrons. The third kappa shape index (κ3) is 5.59. The molecule has 1 aromatic heterocycles. The SMILES string of the molecule is CCOC(=O)CCc1csc(N(C)CC(C)CC)n1. The molecule has 0 bridgehead atoms. The van der Waals surface area contributed by atoms with Crippen molar-refractivity contribution in [2.75, 3.05) is 25.1 Å². The van der Waals surface area contributed by atoms with Crippen LogP contribution in [0, 0.1) is 5.92 Å². The number of carbonyl (C=O) groups is 1. The maximum absolute atomic E-state index is 11.3. The van der Waals surface area contributed by atoms with E-state index in [1.807, 2.05) is 12.3 Å². The summed E-state index contributed by atoms with van der Waals surface area (Å²) in [7, 11) is 2.07. The lowest BCUT2D eigenvalue weighted by molar-refractivity contribution is -0.143. The Balaban J connectivity index is 2.45. The van der Waals surface area contributed by atoms with Crippen LogP contribution in [-0.4, -0.2) is 31.2 Å². The van der Waals surface area contributed by atoms with E-state index in [1.54, 1.807) is 11.3 Å². The fourth-order valence-electron chi connectivity index (χ4n) is 1.72. The van der Waals surface area contributed by atoms with Crippen LogP contribution in [0.2, 0.25) is 0 Å². The second kappa shape index (κ2) is 8.15. The van der Waals surface area contributed by atoms with Crippen molar-refractivity contribution in [3.05, 3.63) is 11.1 Å². The van der Waals surface area contributed by atoms with Gasteiger partial charge in [0.05, 0.1) is 18.7 Å². The molecule has 0 amide bonds. The van der Waals surface area contributed by atoms with Crippen LogP contribution >= 0.6 is 11.3 Å². The minimum Gasteiger partial charge on any atom is -0.466 e. The first kappa shape index (κ1) is 16.0. The number of aryl methyl sites for hydroxylation is 1. The fourth-order valence-corrected chi connectivity index (χ4v) is 2.56. The highest BCUT2D eigenvalue weighted by Crippen LogP contribution is 2.21. The van der Waals surface area contributed by atoms with Crippen LogP contribution in [0.1, 0.15) is 39.3 Å². The zero-order chi connectivity index (χ0) is 14.3. The molecule has 19 heavy (non-hydrogen) atoms. The molecule has 0 aliphatic heterocycles. The summed E-state index contributed by atoms with van der Waals surface area (Å²) in [5.41, 5.74) is 0.976. The van der Waals surface area contributed by atoms with Gasteiger partial charge < -0.3 is 9.64 Å². The van der Waals surface area contributed by atoms with Crippen LogP contribution in [0.25, 0.3) is 0 Å². The fraction of sp³-hybridized carbons (Fsp3) is 0.714. The Hall–Kier alpha value is -1.10. The minimum absolute atomic E-state index is 0.148. The highest BCUT2D eigenvalue weighted by molar-refractivity contribution is 7.13. The topological polar surface area (TPSA) is 42.4 Å². The number of aromatic nitrogens is 1. The van der Waals surface area contributed by atoms with Crippen molar-refractivity contribution in [2.45, 2.75) is 40.0 Å². The minimum atomic E-state index is -0.148. The Labute approximate surface area is 119 Å². The maximum Gasteiger partial charge on any atom is 0.306 e. The van der Waals surface area contributed by atoms with Crippen molar-refractivity contribution in [3.8, 4) is 0 Å². The average Bonchev–Trinajstić information content (AvgIpc) is 2.85. The molecule has 0 saturated carbocycles. The van der Waals surface area contributed by atoms with Gasteiger partial charge in [0.15, 0.2) is 5.13 Å². The average molecular weight is 284 g/mol. The highest BCUT2D eigenvalue weighted by Gasteiger charge is 2.11. The summed E-state index contributed by atoms with van der Waals surface area (Å²) in [5.74, 6) is 0.516. The summed E-state index contributed by atoms with van der Waals surface area (Å²) < 4.78 is 4.91. The molecule has 1 aromatic rings. The Kier molecular flexibility index (Phi) is 6.84. The van der Waals surface area contributed by atoms with Gasteiger partial charge in [0.25, 0.3) is 0 Å². The standard InChI is InChI=1S/C14H24N2O2S/c1-5-11(3)9-16(4)14-15-12(10-19-14)7-8-13(17)18-6-2/h10-11H,5-9H2,1-4H3. The highest BCUT2D eigenvalue weighted by atomic mass is 32.1. The Morgan fingerprint density at radius 3 is 2.89 bits per heavy atom. The molecule has 108 valence electrons. The van der Waals surface area contributed by atoms with Crippen molar-refractivity contribution < 1.29 is 9.53 Å². The van der Waals surface area contributed by atoms with E-state index in [9.17, 15) is 4.79 Å². The monoisotopic (exact) mass is 284 g/mol. The Bertz CT molecular complexity index is 393. The van der Waals surface area contributed by atoms with E-state index in [2.05, 4.69) is 30.8 Å². The van der Waals surface area contributed by atoms with E-state index < -0.39 is 0 Å². The predicted octanol–water partition coefficient (Wildman–Crippen LogP) is 3.12. The molecule has 0 aliphatic carbocycles. The van der Waals surface area contributed by atoms with Crippen LogP contribution in [0.5, 0.6) is 0 Å². The summed E-state index contributed by atoms with van der Waals surface area (Å²) in [6.45, 7) is 7.72. The van der Waals surface area contributed by atoms with E-state index in [0.29, 0.717) is 25.4 Å². The van der Waals surface area contributed by atoms with Gasteiger partial charge >= 0.3 is 5.97 Å². The van der Waals surface area contributed by atoms with Crippen molar-refractivity contribution in [1.82, 2.24) is 4.98 Å². The molecule has 0 N–H and O–H groups in total. The van der Waals surface area contributed by atoms with Crippen molar-refractivity contribution in [1.29, 1.82) is 0 Å². The number of carbonyl (C=O) groups excluding carboxylic acids is 1. The Morgan fingerprint density at radius 2 is 2.26 bits per heavy atom. The molecule has 4 nitrogen and oxygen atoms in total. The Morgan fingerprint density at radius 1 is 1.53 bits per heavy atom. The van der Waals surface area contributed by atoms with Gasteiger partial charge in [-0.1, -0.05) is 20.3 Å². The number of ether oxygens (including phenoxy) is 1. The van der Waals surface area contributed by atoms with Crippen molar-refractivity contribution in [3.63, 3.8) is 0 Å². The normalized spacial score (nSPS) is 12.2. The van der Waals surface area contributed by atoms with Crippen molar-refractivity contribution >= 4 is 22.4 Å². The summed E-state index contributed by atoms with van der Waals surface area (Å²) in [5, 5.41) is 3.06. The number of hydrogen-bond acceptors (Lipinski definition) is 5. The molecule has 0 fully saturated rings. The first-order valence-corrected chi connectivity index (χ1v) is 7.75. The molecule has 0 aliphatic rings. The number of rotatable bonds is 8. The van der Waals surface area contributed by atoms with Gasteiger partial charge in [-0.25, -0.2) is 4.98 Å². The maximum atomic E-state index is 11.3. The van der Waals surface area contributed by atoms with Gasteiger partial charge in [0.1, 0.15) is 0 Å². The molecule has 1 rings (SSSR count). The quantitative estimate of drug-likeness (QED) is 0.688. The second-order valence-corrected chi connectivity index (χ2v) is 5.66. The summed E-state index contributed by atoms with van der Waals surface area (Å²) in [6, 6.07) is 0. The molecule has 0 aromatic carbocycles. The van der Waals surface area contributed by atoms with Crippen LogP contribution in [0.15, 0.2) is 5.38 Å². The summed E-state index contributed by atoms with van der Waals surface area (Å²) >= 11 is 1.64. The van der Waals surface area contributed by atoms with E-state index in [0.717, 1.165) is 17.4 Å². The summed E-state index contributed by atoms with van der Waals surface area (Å²) in [6.07, 6.45) is 2.24. The van der Waals surface area contributed by atoms with Crippen LogP contribution < -0.4 is 4.90 Å². The smallest absolute Gasteiger partial charge is 0.306 e. The number of nitrogens with zero attached hydrogens (tertiary/aromatic N) is 2. The van der Waals surface area contributed by atoms with Gasteiger partial charge in [-0.05, 0) is 12.8 Å². The lowest BCUT2D eigenvalue weighted by Crippen LogP contribution is -2.23. The van der Waals surface area contributed by atoms with Crippen molar-refractivity contribution in [2.24, 2.45) is 5.92 Å². The van der Waals surface area contributed by atoms with E-state index in [-0.39, 0.29) is 5.97 Å². The van der Waals surface area contributed by atoms with Gasteiger partial charge in [-0.3, -0.25) is 4.79 Å². The number of thiazole rings is 1. The molecular weight excluding hydrogens is 260 g/mol. The lowest BCUT2D eigenvalue weighted by atomic mass is 10.1. The van der Waals surface area contributed by atoms with Crippen LogP contribution in [0.3, 0.4) is 0 Å². The predicted molar refractivity (Wildman–Crippen MR) is 79.8 cm³/mol. The molecule has 1 atom stereocenters. The first-order chi connectivity index (χ1) is 9.06. The van der Waals surface area contributed by atoms with E-state index >= 15 is 0 Å².